The molecular weight excluding hydrogens is 425 g/mol. The maximum absolute atomic E-state index is 13.3. The molecule has 1 N–H and O–H groups in total. The lowest BCUT2D eigenvalue weighted by molar-refractivity contribution is -0.0816. The SMILES string of the molecule is CCc1ccc([C@]2(O)CC(C(F)(F)F)=NN2C(=O)c2cccc(Br)c2)cc1. The van der Waals surface area contributed by atoms with Crippen molar-refractivity contribution in [1.82, 2.24) is 5.01 Å². The zero-order valence-corrected chi connectivity index (χ0v) is 15.9. The van der Waals surface area contributed by atoms with E-state index in [1.165, 1.54) is 24.3 Å². The lowest BCUT2D eigenvalue weighted by Crippen LogP contribution is -2.43. The Morgan fingerprint density at radius 1 is 1.26 bits per heavy atom. The van der Waals surface area contributed by atoms with Crippen LogP contribution in [0.25, 0.3) is 0 Å². The molecule has 0 saturated heterocycles. The Bertz CT molecular complexity index is 897. The summed E-state index contributed by atoms with van der Waals surface area (Å²) in [7, 11) is 0. The Morgan fingerprint density at radius 2 is 1.93 bits per heavy atom. The van der Waals surface area contributed by atoms with Crippen LogP contribution in [-0.4, -0.2) is 27.9 Å². The number of hydrogen-bond donors (Lipinski definition) is 1. The molecule has 4 nitrogen and oxygen atoms in total. The summed E-state index contributed by atoms with van der Waals surface area (Å²) in [6.45, 7) is 1.94. The van der Waals surface area contributed by atoms with Gasteiger partial charge in [-0.1, -0.05) is 53.2 Å². The van der Waals surface area contributed by atoms with Crippen LogP contribution in [0.2, 0.25) is 0 Å². The molecule has 1 amide bonds. The molecule has 1 aliphatic rings. The van der Waals surface area contributed by atoms with Gasteiger partial charge in [0, 0.05) is 15.6 Å². The van der Waals surface area contributed by atoms with Crippen LogP contribution in [0.15, 0.2) is 58.1 Å². The summed E-state index contributed by atoms with van der Waals surface area (Å²) >= 11 is 3.22. The van der Waals surface area contributed by atoms with Crippen molar-refractivity contribution in [1.29, 1.82) is 0 Å². The summed E-state index contributed by atoms with van der Waals surface area (Å²) in [4.78, 5) is 12.9. The van der Waals surface area contributed by atoms with Crippen LogP contribution in [0, 0.1) is 0 Å². The molecule has 1 atom stereocenters. The van der Waals surface area contributed by atoms with Gasteiger partial charge in [0.25, 0.3) is 5.91 Å². The lowest BCUT2D eigenvalue weighted by atomic mass is 9.95. The van der Waals surface area contributed by atoms with E-state index < -0.39 is 29.9 Å². The van der Waals surface area contributed by atoms with Crippen molar-refractivity contribution in [2.75, 3.05) is 0 Å². The maximum Gasteiger partial charge on any atom is 0.431 e. The minimum absolute atomic E-state index is 0.111. The van der Waals surface area contributed by atoms with Gasteiger partial charge in [0.1, 0.15) is 5.71 Å². The van der Waals surface area contributed by atoms with Gasteiger partial charge in [0.2, 0.25) is 0 Å². The Kier molecular flexibility index (Phi) is 5.14. The molecule has 1 heterocycles. The number of benzene rings is 2. The number of aliphatic hydroxyl groups is 1. The third kappa shape index (κ3) is 3.77. The fourth-order valence-electron chi connectivity index (χ4n) is 2.89. The number of nitrogens with zero attached hydrogens (tertiary/aromatic N) is 2. The molecule has 0 bridgehead atoms. The fourth-order valence-corrected chi connectivity index (χ4v) is 3.29. The predicted molar refractivity (Wildman–Crippen MR) is 98.1 cm³/mol. The second-order valence-corrected chi connectivity index (χ2v) is 7.13. The molecule has 0 aromatic heterocycles. The first-order valence-electron chi connectivity index (χ1n) is 8.21. The van der Waals surface area contributed by atoms with Gasteiger partial charge in [-0.25, -0.2) is 0 Å². The number of alkyl halides is 3. The topological polar surface area (TPSA) is 52.9 Å². The van der Waals surface area contributed by atoms with Gasteiger partial charge in [0.05, 0.1) is 6.42 Å². The maximum atomic E-state index is 13.3. The van der Waals surface area contributed by atoms with Crippen LogP contribution in [0.3, 0.4) is 0 Å². The van der Waals surface area contributed by atoms with Gasteiger partial charge in [-0.3, -0.25) is 4.79 Å². The standard InChI is InChI=1S/C19H16BrF3N2O2/c1-2-12-6-8-14(9-7-12)18(27)11-16(19(21,22)23)24-25(18)17(26)13-4-3-5-15(20)10-13/h3-10,27H,2,11H2,1H3/t18-/m1/s1. The van der Waals surface area contributed by atoms with Gasteiger partial charge < -0.3 is 5.11 Å². The summed E-state index contributed by atoms with van der Waals surface area (Å²) in [5, 5.41) is 15.1. The van der Waals surface area contributed by atoms with E-state index in [-0.39, 0.29) is 11.1 Å². The largest absolute Gasteiger partial charge is 0.431 e. The second kappa shape index (κ2) is 7.09. The van der Waals surface area contributed by atoms with Crippen molar-refractivity contribution < 1.29 is 23.1 Å². The predicted octanol–water partition coefficient (Wildman–Crippen LogP) is 4.62. The highest BCUT2D eigenvalue weighted by atomic mass is 79.9. The zero-order valence-electron chi connectivity index (χ0n) is 14.3. The number of carbonyl (C=O) groups excluding carboxylic acids is 1. The van der Waals surface area contributed by atoms with Crippen LogP contribution in [-0.2, 0) is 12.1 Å². The third-order valence-corrected chi connectivity index (χ3v) is 4.89. The summed E-state index contributed by atoms with van der Waals surface area (Å²) < 4.78 is 40.3. The molecule has 0 saturated carbocycles. The van der Waals surface area contributed by atoms with Gasteiger partial charge in [-0.2, -0.15) is 23.3 Å². The molecule has 8 heteroatoms. The zero-order chi connectivity index (χ0) is 19.8. The van der Waals surface area contributed by atoms with Crippen LogP contribution in [0.4, 0.5) is 13.2 Å². The number of aryl methyl sites for hydroxylation is 1. The number of carbonyl (C=O) groups is 1. The normalized spacial score (nSPS) is 19.9. The van der Waals surface area contributed by atoms with Crippen LogP contribution in [0.1, 0.15) is 34.8 Å². The number of hydrogen-bond acceptors (Lipinski definition) is 3. The Balaban J connectivity index is 2.06. The van der Waals surface area contributed by atoms with E-state index in [2.05, 4.69) is 21.0 Å². The molecule has 0 unspecified atom stereocenters. The van der Waals surface area contributed by atoms with Crippen molar-refractivity contribution in [2.24, 2.45) is 5.10 Å². The molecule has 27 heavy (non-hydrogen) atoms. The highest BCUT2D eigenvalue weighted by molar-refractivity contribution is 9.10. The first kappa shape index (κ1) is 19.6. The van der Waals surface area contributed by atoms with Crippen molar-refractivity contribution in [3.05, 3.63) is 69.7 Å². The van der Waals surface area contributed by atoms with E-state index in [0.29, 0.717) is 9.48 Å². The summed E-state index contributed by atoms with van der Waals surface area (Å²) in [5.74, 6) is -0.822. The van der Waals surface area contributed by atoms with Crippen LogP contribution < -0.4 is 0 Å². The van der Waals surface area contributed by atoms with Crippen LogP contribution in [0.5, 0.6) is 0 Å². The van der Waals surface area contributed by atoms with E-state index >= 15 is 0 Å². The molecule has 0 spiro atoms. The van der Waals surface area contributed by atoms with E-state index in [0.717, 1.165) is 12.0 Å². The minimum Gasteiger partial charge on any atom is -0.365 e. The number of halogens is 4. The van der Waals surface area contributed by atoms with E-state index in [1.54, 1.807) is 24.3 Å². The molecule has 3 rings (SSSR count). The average Bonchev–Trinajstić information content (AvgIpc) is 3.00. The van der Waals surface area contributed by atoms with Crippen molar-refractivity contribution >= 4 is 27.5 Å². The van der Waals surface area contributed by atoms with Crippen molar-refractivity contribution in [3.8, 4) is 0 Å². The Hall–Kier alpha value is -2.19. The summed E-state index contributed by atoms with van der Waals surface area (Å²) in [5.41, 5.74) is -2.17. The number of amides is 1. The number of rotatable bonds is 3. The third-order valence-electron chi connectivity index (χ3n) is 4.40. The van der Waals surface area contributed by atoms with Gasteiger partial charge in [-0.05, 0) is 30.2 Å². The molecule has 0 radical (unpaired) electrons. The smallest absolute Gasteiger partial charge is 0.365 e. The van der Waals surface area contributed by atoms with E-state index in [4.69, 9.17) is 0 Å². The first-order valence-corrected chi connectivity index (χ1v) is 9.01. The molecule has 2 aromatic carbocycles. The van der Waals surface area contributed by atoms with Gasteiger partial charge in [0.15, 0.2) is 5.72 Å². The minimum atomic E-state index is -4.75. The van der Waals surface area contributed by atoms with E-state index in [9.17, 15) is 23.1 Å². The first-order chi connectivity index (χ1) is 12.6. The highest BCUT2D eigenvalue weighted by Crippen LogP contribution is 2.40. The quantitative estimate of drug-likeness (QED) is 0.756. The highest BCUT2D eigenvalue weighted by Gasteiger charge is 2.53. The van der Waals surface area contributed by atoms with Gasteiger partial charge >= 0.3 is 6.18 Å². The second-order valence-electron chi connectivity index (χ2n) is 6.22. The monoisotopic (exact) mass is 440 g/mol. The molecular formula is C19H16BrF3N2O2. The summed E-state index contributed by atoms with van der Waals surface area (Å²) in [6, 6.07) is 12.6. The van der Waals surface area contributed by atoms with Crippen LogP contribution >= 0.6 is 15.9 Å². The molecule has 0 aliphatic carbocycles. The molecule has 1 aliphatic heterocycles. The average molecular weight is 441 g/mol. The lowest BCUT2D eigenvalue weighted by Gasteiger charge is -2.31. The molecule has 0 fully saturated rings. The fraction of sp³-hybridized carbons (Fsp3) is 0.263. The number of hydrazone groups is 1. The Morgan fingerprint density at radius 3 is 2.48 bits per heavy atom. The Labute approximate surface area is 162 Å². The van der Waals surface area contributed by atoms with Gasteiger partial charge in [-0.15, -0.1) is 0 Å². The van der Waals surface area contributed by atoms with E-state index in [1.807, 2.05) is 6.92 Å². The molecule has 142 valence electrons. The van der Waals surface area contributed by atoms with Crippen molar-refractivity contribution in [2.45, 2.75) is 31.7 Å². The molecule has 2 aromatic rings. The van der Waals surface area contributed by atoms with Crippen molar-refractivity contribution in [3.63, 3.8) is 0 Å². The summed E-state index contributed by atoms with van der Waals surface area (Å²) in [6.07, 6.45) is -4.84.